The monoisotopic (exact) mass is 354 g/mol. The second-order valence-corrected chi connectivity index (χ2v) is 6.49. The number of anilines is 1. The van der Waals surface area contributed by atoms with Crippen molar-refractivity contribution < 1.29 is 0 Å². The molecule has 1 atom stereocenters. The molecule has 0 aliphatic rings. The number of rotatable bonds is 8. The fourth-order valence-corrected chi connectivity index (χ4v) is 2.99. The third-order valence-electron chi connectivity index (χ3n) is 4.02. The number of nitrogens with zero attached hydrogens (tertiary/aromatic N) is 3. The molecule has 0 saturated heterocycles. The molecule has 1 aromatic heterocycles. The van der Waals surface area contributed by atoms with E-state index in [2.05, 4.69) is 41.0 Å². The predicted molar refractivity (Wildman–Crippen MR) is 99.7 cm³/mol. The molecule has 0 aliphatic heterocycles. The lowest BCUT2D eigenvalue weighted by Crippen LogP contribution is -2.25. The van der Waals surface area contributed by atoms with E-state index in [9.17, 15) is 0 Å². The molecule has 2 aromatic rings. The van der Waals surface area contributed by atoms with Crippen molar-refractivity contribution in [2.75, 3.05) is 25.0 Å². The van der Waals surface area contributed by atoms with E-state index in [-0.39, 0.29) is 5.28 Å². The van der Waals surface area contributed by atoms with Crippen LogP contribution in [-0.4, -0.2) is 40.5 Å². The Kier molecular flexibility index (Phi) is 6.88. The van der Waals surface area contributed by atoms with Crippen LogP contribution in [0.3, 0.4) is 0 Å². The van der Waals surface area contributed by atoms with Gasteiger partial charge in [0.05, 0.1) is 5.52 Å². The summed E-state index contributed by atoms with van der Waals surface area (Å²) in [6.45, 7) is 9.90. The fraction of sp³-hybridized carbons (Fsp3) is 0.529. The lowest BCUT2D eigenvalue weighted by atomic mass is 10.1. The fourth-order valence-electron chi connectivity index (χ4n) is 2.65. The standard InChI is InChI=1S/C17H24Cl2N4/c1-4-23(5-2)10-6-7-12(3)20-16-14-9-8-13(18)11-15(14)21-17(19)22-16/h8-9,11-12H,4-7,10H2,1-3H3,(H,20,21,22). The number of nitrogens with one attached hydrogen (secondary N) is 1. The van der Waals surface area contributed by atoms with Crippen molar-refractivity contribution in [2.24, 2.45) is 0 Å². The summed E-state index contributed by atoms with van der Waals surface area (Å²) >= 11 is 12.1. The molecular formula is C17H24Cl2N4. The largest absolute Gasteiger partial charge is 0.367 e. The third kappa shape index (κ3) is 5.20. The summed E-state index contributed by atoms with van der Waals surface area (Å²) < 4.78 is 0. The topological polar surface area (TPSA) is 41.0 Å². The maximum Gasteiger partial charge on any atom is 0.224 e. The molecule has 1 heterocycles. The van der Waals surface area contributed by atoms with Gasteiger partial charge in [-0.05, 0) is 69.2 Å². The number of benzene rings is 1. The van der Waals surface area contributed by atoms with Crippen molar-refractivity contribution in [1.82, 2.24) is 14.9 Å². The number of halogens is 2. The molecule has 1 unspecified atom stereocenters. The first kappa shape index (κ1) is 18.2. The summed E-state index contributed by atoms with van der Waals surface area (Å²) in [5.74, 6) is 0.770. The summed E-state index contributed by atoms with van der Waals surface area (Å²) in [6, 6.07) is 5.90. The van der Waals surface area contributed by atoms with Crippen molar-refractivity contribution in [3.63, 3.8) is 0 Å². The van der Waals surface area contributed by atoms with Crippen LogP contribution in [0.15, 0.2) is 18.2 Å². The van der Waals surface area contributed by atoms with Crippen LogP contribution in [0.5, 0.6) is 0 Å². The highest BCUT2D eigenvalue weighted by Crippen LogP contribution is 2.25. The van der Waals surface area contributed by atoms with E-state index in [4.69, 9.17) is 23.2 Å². The molecule has 0 spiro atoms. The number of aromatic nitrogens is 2. The van der Waals surface area contributed by atoms with Gasteiger partial charge in [-0.3, -0.25) is 0 Å². The Morgan fingerprint density at radius 3 is 2.61 bits per heavy atom. The molecule has 1 aromatic carbocycles. The molecule has 6 heteroatoms. The molecule has 0 aliphatic carbocycles. The van der Waals surface area contributed by atoms with Gasteiger partial charge in [0.15, 0.2) is 0 Å². The maximum absolute atomic E-state index is 6.03. The van der Waals surface area contributed by atoms with Gasteiger partial charge in [-0.1, -0.05) is 25.4 Å². The van der Waals surface area contributed by atoms with Crippen molar-refractivity contribution >= 4 is 39.9 Å². The number of fused-ring (bicyclic) bond motifs is 1. The lowest BCUT2D eigenvalue weighted by molar-refractivity contribution is 0.295. The van der Waals surface area contributed by atoms with Gasteiger partial charge in [0.2, 0.25) is 5.28 Å². The number of hydrogen-bond donors (Lipinski definition) is 1. The Bertz CT molecular complexity index is 639. The van der Waals surface area contributed by atoms with Crippen molar-refractivity contribution in [2.45, 2.75) is 39.7 Å². The first-order valence-electron chi connectivity index (χ1n) is 8.15. The quantitative estimate of drug-likeness (QED) is 0.687. The van der Waals surface area contributed by atoms with Gasteiger partial charge in [0.25, 0.3) is 0 Å². The van der Waals surface area contributed by atoms with Gasteiger partial charge >= 0.3 is 0 Å². The summed E-state index contributed by atoms with van der Waals surface area (Å²) in [4.78, 5) is 11.0. The Morgan fingerprint density at radius 2 is 1.91 bits per heavy atom. The summed E-state index contributed by atoms with van der Waals surface area (Å²) in [5, 5.41) is 5.27. The second-order valence-electron chi connectivity index (χ2n) is 5.72. The van der Waals surface area contributed by atoms with E-state index >= 15 is 0 Å². The first-order chi connectivity index (χ1) is 11.0. The van der Waals surface area contributed by atoms with Gasteiger partial charge in [-0.25, -0.2) is 9.97 Å². The van der Waals surface area contributed by atoms with Gasteiger partial charge < -0.3 is 10.2 Å². The highest BCUT2D eigenvalue weighted by molar-refractivity contribution is 6.31. The predicted octanol–water partition coefficient (Wildman–Crippen LogP) is 4.86. The van der Waals surface area contributed by atoms with E-state index < -0.39 is 0 Å². The van der Waals surface area contributed by atoms with Gasteiger partial charge in [0.1, 0.15) is 5.82 Å². The van der Waals surface area contributed by atoms with E-state index in [1.54, 1.807) is 6.07 Å². The van der Waals surface area contributed by atoms with E-state index in [0.717, 1.165) is 49.2 Å². The van der Waals surface area contributed by atoms with E-state index in [1.165, 1.54) is 0 Å². The minimum atomic E-state index is 0.234. The number of hydrogen-bond acceptors (Lipinski definition) is 4. The highest BCUT2D eigenvalue weighted by Gasteiger charge is 2.10. The summed E-state index contributed by atoms with van der Waals surface area (Å²) in [6.07, 6.45) is 2.23. The highest BCUT2D eigenvalue weighted by atomic mass is 35.5. The van der Waals surface area contributed by atoms with Gasteiger partial charge in [-0.15, -0.1) is 0 Å². The molecule has 0 saturated carbocycles. The average Bonchev–Trinajstić information content (AvgIpc) is 2.51. The zero-order valence-corrected chi connectivity index (χ0v) is 15.5. The van der Waals surface area contributed by atoms with E-state index in [1.807, 2.05) is 12.1 Å². The van der Waals surface area contributed by atoms with Crippen molar-refractivity contribution in [1.29, 1.82) is 0 Å². The SMILES string of the molecule is CCN(CC)CCCC(C)Nc1nc(Cl)nc2cc(Cl)ccc12. The van der Waals surface area contributed by atoms with Crippen LogP contribution in [0.1, 0.15) is 33.6 Å². The van der Waals surface area contributed by atoms with Crippen LogP contribution < -0.4 is 5.32 Å². The molecule has 0 bridgehead atoms. The minimum absolute atomic E-state index is 0.234. The Balaban J connectivity index is 2.03. The summed E-state index contributed by atoms with van der Waals surface area (Å²) in [5.41, 5.74) is 0.760. The zero-order chi connectivity index (χ0) is 16.8. The molecular weight excluding hydrogens is 331 g/mol. The molecule has 126 valence electrons. The molecule has 23 heavy (non-hydrogen) atoms. The van der Waals surface area contributed by atoms with Crippen LogP contribution >= 0.6 is 23.2 Å². The van der Waals surface area contributed by atoms with Crippen LogP contribution in [0.4, 0.5) is 5.82 Å². The molecule has 4 nitrogen and oxygen atoms in total. The summed E-state index contributed by atoms with van der Waals surface area (Å²) in [7, 11) is 0. The van der Waals surface area contributed by atoms with Gasteiger partial charge in [-0.2, -0.15) is 0 Å². The van der Waals surface area contributed by atoms with Gasteiger partial charge in [0, 0.05) is 16.5 Å². The second kappa shape index (κ2) is 8.67. The first-order valence-corrected chi connectivity index (χ1v) is 8.90. The molecule has 0 radical (unpaired) electrons. The Morgan fingerprint density at radius 1 is 1.17 bits per heavy atom. The maximum atomic E-state index is 6.03. The third-order valence-corrected chi connectivity index (χ3v) is 4.42. The van der Waals surface area contributed by atoms with Crippen LogP contribution in [-0.2, 0) is 0 Å². The smallest absolute Gasteiger partial charge is 0.224 e. The zero-order valence-electron chi connectivity index (χ0n) is 13.9. The van der Waals surface area contributed by atoms with Crippen LogP contribution in [0.25, 0.3) is 10.9 Å². The molecule has 0 amide bonds. The average molecular weight is 355 g/mol. The van der Waals surface area contributed by atoms with Crippen LogP contribution in [0.2, 0.25) is 10.3 Å². The Labute approximate surface area is 148 Å². The Hall–Kier alpha value is -1.10. The molecule has 0 fully saturated rings. The van der Waals surface area contributed by atoms with E-state index in [0.29, 0.717) is 11.1 Å². The van der Waals surface area contributed by atoms with Crippen molar-refractivity contribution in [3.05, 3.63) is 28.5 Å². The van der Waals surface area contributed by atoms with Crippen LogP contribution in [0, 0.1) is 0 Å². The lowest BCUT2D eigenvalue weighted by Gasteiger charge is -2.20. The minimum Gasteiger partial charge on any atom is -0.367 e. The molecule has 2 rings (SSSR count). The van der Waals surface area contributed by atoms with Crippen molar-refractivity contribution in [3.8, 4) is 0 Å². The normalized spacial score (nSPS) is 12.8. The molecule has 1 N–H and O–H groups in total.